The first-order valence-electron chi connectivity index (χ1n) is 20.8. The van der Waals surface area contributed by atoms with Crippen LogP contribution in [0, 0.1) is 53.2 Å². The Labute approximate surface area is 470 Å². The number of nitrogens with two attached hydrogens (primary N) is 9. The molecule has 398 valence electrons. The maximum absolute atomic E-state index is 12.4. The molecule has 0 aromatic heterocycles. The predicted octanol–water partition coefficient (Wildman–Crippen LogP) is -1.05. The van der Waals surface area contributed by atoms with Gasteiger partial charge < -0.3 is 71.7 Å². The SMILES string of the molecule is COC(=O)c1ccc([O-])c(I)c1.Cc1ccccc1N=C(N)[NH+]=C(N)N.Cc1ccccc1N=C(N)[NH+]=C(N)N.Cc1ccccc1N=C(N)[NH+]=C(N)N.O=[N+]([O-])c1ccc([O-])c(I)c1.[O-]c1c(F)ccc(I)c1F. The monoisotopic (exact) mass is 1370 g/mol. The largest absolute Gasteiger partial charge is 0.872 e. The number of non-ortho nitro benzene ring substituents is 1. The summed E-state index contributed by atoms with van der Waals surface area (Å²) in [6.07, 6.45) is 0. The van der Waals surface area contributed by atoms with Crippen LogP contribution in [-0.4, -0.2) is 53.8 Å². The summed E-state index contributed by atoms with van der Waals surface area (Å²) in [7, 11) is 1.31. The molecule has 0 aliphatic carbocycles. The lowest BCUT2D eigenvalue weighted by Gasteiger charge is -2.08. The van der Waals surface area contributed by atoms with E-state index in [0.29, 0.717) is 12.7 Å². The molecular weight excluding hydrogens is 1320 g/mol. The van der Waals surface area contributed by atoms with Crippen molar-refractivity contribution in [3.63, 3.8) is 0 Å². The summed E-state index contributed by atoms with van der Waals surface area (Å²) in [6, 6.07) is 33.0. The fourth-order valence-electron chi connectivity index (χ4n) is 4.84. The number of carbonyl (C=O) groups is 1. The Morgan fingerprint density at radius 1 is 0.547 bits per heavy atom. The number of aliphatic imine (C=N–C) groups is 3. The molecule has 0 atom stereocenters. The number of para-hydroxylation sites is 3. The lowest BCUT2D eigenvalue weighted by atomic mass is 10.2. The van der Waals surface area contributed by atoms with E-state index < -0.39 is 28.3 Å². The van der Waals surface area contributed by atoms with Crippen molar-refractivity contribution >= 4 is 132 Å². The smallest absolute Gasteiger partial charge is 0.337 e. The summed E-state index contributed by atoms with van der Waals surface area (Å²) in [5, 5.41) is 42.3. The van der Waals surface area contributed by atoms with Gasteiger partial charge in [-0.25, -0.2) is 28.6 Å². The van der Waals surface area contributed by atoms with Gasteiger partial charge in [-0.05, 0) is 153 Å². The predicted molar refractivity (Wildman–Crippen MR) is 304 cm³/mol. The fourth-order valence-corrected chi connectivity index (χ4v) is 6.28. The van der Waals surface area contributed by atoms with Crippen molar-refractivity contribution < 1.29 is 53.5 Å². The number of methoxy groups -OCH3 is 1. The minimum absolute atomic E-state index is 0.0276. The summed E-state index contributed by atoms with van der Waals surface area (Å²) in [5.41, 5.74) is 53.7. The topological polar surface area (TPSA) is 452 Å². The van der Waals surface area contributed by atoms with Crippen LogP contribution in [0.15, 0.2) is 136 Å². The third-order valence-corrected chi connectivity index (χ3v) is 10.9. The van der Waals surface area contributed by atoms with Gasteiger partial charge in [-0.3, -0.25) is 10.1 Å². The number of esters is 1. The van der Waals surface area contributed by atoms with E-state index in [9.17, 15) is 39.0 Å². The molecule has 0 aliphatic rings. The number of guanidine groups is 6. The molecule has 0 fully saturated rings. The average Bonchev–Trinajstić information content (AvgIpc) is 3.33. The second-order valence-corrected chi connectivity index (χ2v) is 17.8. The highest BCUT2D eigenvalue weighted by molar-refractivity contribution is 14.1. The molecule has 6 rings (SSSR count). The summed E-state index contributed by atoms with van der Waals surface area (Å²) < 4.78 is 30.2. The van der Waals surface area contributed by atoms with Gasteiger partial charge in [-0.1, -0.05) is 78.2 Å². The maximum Gasteiger partial charge on any atom is 0.337 e. The van der Waals surface area contributed by atoms with Gasteiger partial charge in [0.1, 0.15) is 28.7 Å². The standard InChI is InChI=1S/3C9H13N5.C8H7IO3.C6H3F2IO.C6H4INO3/c3*1-6-4-2-3-5-7(6)13-9(12)14-8(10)11;1-12-8(11)5-2-3-7(10)6(9)4-5;7-3-1-2-4(9)5(8)6(3)10;7-5-3-4(8(10)11)1-2-6(5)9/h3*2-5H,1H3,(H6,10,11,12,13,14);2-4,10H,1H3;1-2,10H;1-3,9H. The van der Waals surface area contributed by atoms with E-state index in [2.05, 4.69) is 34.7 Å². The highest BCUT2D eigenvalue weighted by Crippen LogP contribution is 2.23. The Balaban J connectivity index is 0.000000452. The normalized spacial score (nSPS) is 10.4. The number of carbonyl (C=O) groups excluding carboxylic acids is 1. The number of hydrogen-bond acceptors (Lipinski definition) is 10. The second-order valence-electron chi connectivity index (χ2n) is 14.3. The molecule has 0 aliphatic heterocycles. The van der Waals surface area contributed by atoms with Crippen LogP contribution in [0.4, 0.5) is 31.5 Å². The van der Waals surface area contributed by atoms with Crippen molar-refractivity contribution in [2.75, 3.05) is 7.11 Å². The van der Waals surface area contributed by atoms with Gasteiger partial charge in [0, 0.05) is 22.8 Å². The highest BCUT2D eigenvalue weighted by atomic mass is 127. The number of ether oxygens (including phenoxy) is 1. The lowest BCUT2D eigenvalue weighted by Crippen LogP contribution is -2.84. The molecule has 0 saturated heterocycles. The Kier molecular flexibility index (Phi) is 29.0. The number of nitrogens with zero attached hydrogens (tertiary/aromatic N) is 4. The minimum atomic E-state index is -1.16. The number of hydrogen-bond donors (Lipinski definition) is 12. The zero-order valence-electron chi connectivity index (χ0n) is 40.3. The average molecular weight is 1370 g/mol. The zero-order valence-corrected chi connectivity index (χ0v) is 46.8. The molecule has 75 heavy (non-hydrogen) atoms. The van der Waals surface area contributed by atoms with Gasteiger partial charge in [-0.2, -0.15) is 0 Å². The van der Waals surface area contributed by atoms with Gasteiger partial charge in [0.25, 0.3) is 23.6 Å². The minimum Gasteiger partial charge on any atom is -0.872 e. The first-order chi connectivity index (χ1) is 35.2. The van der Waals surface area contributed by atoms with E-state index in [1.54, 1.807) is 45.2 Å². The number of benzene rings is 6. The molecule has 0 bridgehead atoms. The Hall–Kier alpha value is -8.14. The molecule has 6 aromatic carbocycles. The van der Waals surface area contributed by atoms with Gasteiger partial charge in [0.15, 0.2) is 0 Å². The van der Waals surface area contributed by atoms with E-state index in [4.69, 9.17) is 51.6 Å². The zero-order chi connectivity index (χ0) is 56.9. The number of nitro benzene ring substituents is 1. The maximum atomic E-state index is 12.4. The second kappa shape index (κ2) is 33.6. The fraction of sp³-hybridized carbons (Fsp3) is 0.0851. The van der Waals surface area contributed by atoms with E-state index >= 15 is 0 Å². The summed E-state index contributed by atoms with van der Waals surface area (Å²) >= 11 is 5.27. The summed E-state index contributed by atoms with van der Waals surface area (Å²) in [5.74, 6) is -3.28. The van der Waals surface area contributed by atoms with Crippen LogP contribution in [0.1, 0.15) is 27.0 Å². The molecule has 0 saturated carbocycles. The van der Waals surface area contributed by atoms with E-state index in [1.807, 2.05) is 116 Å². The third-order valence-electron chi connectivity index (χ3n) is 8.37. The van der Waals surface area contributed by atoms with E-state index in [-0.39, 0.29) is 56.5 Å². The molecule has 0 radical (unpaired) electrons. The number of rotatable bonds is 5. The first kappa shape index (κ1) is 64.9. The quantitative estimate of drug-likeness (QED) is 0.0186. The van der Waals surface area contributed by atoms with Crippen molar-refractivity contribution in [3.8, 4) is 17.2 Å². The van der Waals surface area contributed by atoms with Crippen LogP contribution in [0.5, 0.6) is 17.2 Å². The molecular formula is C47H53F2I3N16O7. The molecule has 28 heteroatoms. The van der Waals surface area contributed by atoms with Crippen LogP contribution >= 0.6 is 67.8 Å². The van der Waals surface area contributed by atoms with Gasteiger partial charge in [-0.15, -0.1) is 15.0 Å². The van der Waals surface area contributed by atoms with Crippen molar-refractivity contribution in [2.45, 2.75) is 20.8 Å². The Bertz CT molecular complexity index is 2870. The molecule has 0 spiro atoms. The van der Waals surface area contributed by atoms with Crippen molar-refractivity contribution in [2.24, 2.45) is 66.6 Å². The number of aryl methyl sites for hydroxylation is 3. The Morgan fingerprint density at radius 2 is 0.907 bits per heavy atom. The van der Waals surface area contributed by atoms with Crippen molar-refractivity contribution in [1.82, 2.24) is 0 Å². The van der Waals surface area contributed by atoms with Crippen molar-refractivity contribution in [1.29, 1.82) is 0 Å². The van der Waals surface area contributed by atoms with Crippen LogP contribution in [-0.2, 0) is 4.74 Å². The van der Waals surface area contributed by atoms with Crippen LogP contribution < -0.4 is 81.9 Å². The third kappa shape index (κ3) is 25.9. The molecule has 23 nitrogen and oxygen atoms in total. The molecule has 0 unspecified atom stereocenters. The van der Waals surface area contributed by atoms with Crippen molar-refractivity contribution in [3.05, 3.63) is 176 Å². The van der Waals surface area contributed by atoms with Crippen LogP contribution in [0.3, 0.4) is 0 Å². The van der Waals surface area contributed by atoms with Gasteiger partial charge in [0.2, 0.25) is 0 Å². The summed E-state index contributed by atoms with van der Waals surface area (Å²) in [6.45, 7) is 5.84. The van der Waals surface area contributed by atoms with E-state index in [1.165, 1.54) is 49.6 Å². The number of nitrogens with one attached hydrogen (secondary N) is 3. The molecule has 6 aromatic rings. The van der Waals surface area contributed by atoms with Crippen LogP contribution in [0.2, 0.25) is 0 Å². The lowest BCUT2D eigenvalue weighted by molar-refractivity contribution is -0.385. The molecule has 21 N–H and O–H groups in total. The first-order valence-corrected chi connectivity index (χ1v) is 24.0. The molecule has 0 amide bonds. The van der Waals surface area contributed by atoms with Crippen LogP contribution in [0.25, 0.3) is 0 Å². The number of nitro groups is 1. The summed E-state index contributed by atoms with van der Waals surface area (Å²) in [4.78, 5) is 40.4. The highest BCUT2D eigenvalue weighted by Gasteiger charge is 2.07. The number of halogens is 5. The van der Waals surface area contributed by atoms with Gasteiger partial charge >= 0.3 is 23.8 Å². The molecule has 0 heterocycles. The van der Waals surface area contributed by atoms with Gasteiger partial charge in [0.05, 0.1) is 17.6 Å². The Morgan fingerprint density at radius 3 is 1.21 bits per heavy atom. The van der Waals surface area contributed by atoms with E-state index in [0.717, 1.165) is 39.8 Å².